The van der Waals surface area contributed by atoms with Crippen LogP contribution in [0.5, 0.6) is 0 Å². The Kier molecular flexibility index (Phi) is 6.79. The second-order valence-corrected chi connectivity index (χ2v) is 9.00. The maximum atomic E-state index is 12.8. The van der Waals surface area contributed by atoms with Crippen molar-refractivity contribution in [1.82, 2.24) is 9.88 Å². The average molecular weight is 360 g/mol. The van der Waals surface area contributed by atoms with E-state index in [-0.39, 0.29) is 23.0 Å². The van der Waals surface area contributed by atoms with Gasteiger partial charge in [-0.05, 0) is 36.3 Å². The molecule has 2 heterocycles. The Morgan fingerprint density at radius 2 is 2.04 bits per heavy atom. The summed E-state index contributed by atoms with van der Waals surface area (Å²) in [6.07, 6.45) is 4.01. The zero-order valence-corrected chi connectivity index (χ0v) is 16.8. The molecule has 0 spiro atoms. The second kappa shape index (κ2) is 8.65. The van der Waals surface area contributed by atoms with E-state index in [1.165, 1.54) is 0 Å². The number of nitrogens with one attached hydrogen (secondary N) is 1. The number of anilines is 1. The molecule has 1 aromatic heterocycles. The van der Waals surface area contributed by atoms with Gasteiger partial charge in [0.25, 0.3) is 5.91 Å². The van der Waals surface area contributed by atoms with Crippen LogP contribution in [0.15, 0.2) is 18.3 Å². The first-order valence-electron chi connectivity index (χ1n) is 9.67. The van der Waals surface area contributed by atoms with Crippen LogP contribution < -0.4 is 5.32 Å². The van der Waals surface area contributed by atoms with E-state index < -0.39 is 0 Å². The van der Waals surface area contributed by atoms with Crippen molar-refractivity contribution in [3.05, 3.63) is 23.9 Å². The molecule has 0 aliphatic carbocycles. The van der Waals surface area contributed by atoms with Crippen LogP contribution in [0.1, 0.15) is 64.2 Å². The summed E-state index contributed by atoms with van der Waals surface area (Å²) < 4.78 is 0. The van der Waals surface area contributed by atoms with Gasteiger partial charge in [0.05, 0.1) is 5.56 Å². The van der Waals surface area contributed by atoms with Gasteiger partial charge >= 0.3 is 0 Å². The molecule has 1 N–H and O–H groups in total. The molecule has 1 aliphatic rings. The molecule has 2 rings (SSSR count). The highest BCUT2D eigenvalue weighted by molar-refractivity contribution is 5.94. The molecule has 1 saturated heterocycles. The molecule has 26 heavy (non-hydrogen) atoms. The zero-order valence-electron chi connectivity index (χ0n) is 16.8. The number of piperidine rings is 1. The Hall–Kier alpha value is -1.91. The highest BCUT2D eigenvalue weighted by Gasteiger charge is 2.29. The fourth-order valence-electron chi connectivity index (χ4n) is 3.16. The number of nitrogens with zero attached hydrogens (tertiary/aromatic N) is 2. The molecule has 1 unspecified atom stereocenters. The minimum Gasteiger partial charge on any atom is -0.370 e. The number of aromatic nitrogens is 1. The van der Waals surface area contributed by atoms with Crippen LogP contribution in [0.2, 0.25) is 0 Å². The third kappa shape index (κ3) is 6.11. The Labute approximate surface area is 157 Å². The van der Waals surface area contributed by atoms with E-state index in [4.69, 9.17) is 0 Å². The van der Waals surface area contributed by atoms with E-state index in [1.807, 2.05) is 17.0 Å². The fraction of sp³-hybridized carbons (Fsp3) is 0.667. The summed E-state index contributed by atoms with van der Waals surface area (Å²) in [4.78, 5) is 31.3. The maximum absolute atomic E-state index is 12.8. The van der Waals surface area contributed by atoms with Crippen LogP contribution in [0.3, 0.4) is 0 Å². The van der Waals surface area contributed by atoms with E-state index in [9.17, 15) is 9.59 Å². The predicted molar refractivity (Wildman–Crippen MR) is 105 cm³/mol. The Morgan fingerprint density at radius 3 is 2.62 bits per heavy atom. The largest absolute Gasteiger partial charge is 0.370 e. The number of ketones is 1. The molecule has 1 fully saturated rings. The summed E-state index contributed by atoms with van der Waals surface area (Å²) in [5.74, 6) is 1.39. The molecule has 5 heteroatoms. The third-order valence-electron chi connectivity index (χ3n) is 4.58. The van der Waals surface area contributed by atoms with Crippen LogP contribution in [0.4, 0.5) is 5.82 Å². The van der Waals surface area contributed by atoms with Gasteiger partial charge in [0.15, 0.2) is 0 Å². The Morgan fingerprint density at radius 1 is 1.31 bits per heavy atom. The topological polar surface area (TPSA) is 62.3 Å². The molecule has 5 nitrogen and oxygen atoms in total. The number of hydrogen-bond donors (Lipinski definition) is 1. The van der Waals surface area contributed by atoms with Crippen LogP contribution >= 0.6 is 0 Å². The van der Waals surface area contributed by atoms with Crippen molar-refractivity contribution >= 4 is 17.5 Å². The maximum Gasteiger partial charge on any atom is 0.255 e. The number of amides is 1. The summed E-state index contributed by atoms with van der Waals surface area (Å²) in [6.45, 7) is 12.7. The van der Waals surface area contributed by atoms with Crippen molar-refractivity contribution in [1.29, 1.82) is 0 Å². The normalized spacial score (nSPS) is 18.1. The standard InChI is InChI=1S/C21H33N3O2/c1-15(2)11-18(25)17-7-6-10-24(13-17)20(26)16-8-9-19(22-12-16)23-14-21(3,4)5/h8-9,12,15,17H,6-7,10-11,13-14H2,1-5H3,(H,22,23). The highest BCUT2D eigenvalue weighted by Crippen LogP contribution is 2.22. The first-order chi connectivity index (χ1) is 12.2. The number of likely N-dealkylation sites (tertiary alicyclic amines) is 1. The second-order valence-electron chi connectivity index (χ2n) is 9.00. The molecule has 1 amide bonds. The molecular weight excluding hydrogens is 326 g/mol. The number of pyridine rings is 1. The lowest BCUT2D eigenvalue weighted by atomic mass is 9.89. The first-order valence-corrected chi connectivity index (χ1v) is 9.67. The molecule has 0 radical (unpaired) electrons. The SMILES string of the molecule is CC(C)CC(=O)C1CCCN(C(=O)c2ccc(NCC(C)(C)C)nc2)C1. The summed E-state index contributed by atoms with van der Waals surface area (Å²) >= 11 is 0. The van der Waals surface area contributed by atoms with Crippen molar-refractivity contribution < 1.29 is 9.59 Å². The van der Waals surface area contributed by atoms with Gasteiger partial charge < -0.3 is 10.2 Å². The number of Topliss-reactive ketones (excluding diaryl/α,β-unsaturated/α-hetero) is 1. The van der Waals surface area contributed by atoms with Crippen LogP contribution in [-0.2, 0) is 4.79 Å². The molecule has 0 aromatic carbocycles. The van der Waals surface area contributed by atoms with Crippen LogP contribution in [0.25, 0.3) is 0 Å². The Bertz CT molecular complexity index is 617. The molecule has 1 aromatic rings. The highest BCUT2D eigenvalue weighted by atomic mass is 16.2. The Balaban J connectivity index is 1.96. The lowest BCUT2D eigenvalue weighted by Crippen LogP contribution is -2.42. The zero-order chi connectivity index (χ0) is 19.3. The fourth-order valence-corrected chi connectivity index (χ4v) is 3.16. The van der Waals surface area contributed by atoms with Crippen molar-refractivity contribution in [2.24, 2.45) is 17.3 Å². The van der Waals surface area contributed by atoms with Crippen LogP contribution in [-0.4, -0.2) is 41.2 Å². The van der Waals surface area contributed by atoms with E-state index in [1.54, 1.807) is 6.20 Å². The van der Waals surface area contributed by atoms with Gasteiger partial charge in [-0.1, -0.05) is 34.6 Å². The summed E-state index contributed by atoms with van der Waals surface area (Å²) in [6, 6.07) is 3.67. The van der Waals surface area contributed by atoms with Gasteiger partial charge in [0, 0.05) is 38.2 Å². The van der Waals surface area contributed by atoms with E-state index in [0.29, 0.717) is 31.0 Å². The molecule has 1 aliphatic heterocycles. The van der Waals surface area contributed by atoms with Gasteiger partial charge in [-0.3, -0.25) is 9.59 Å². The lowest BCUT2D eigenvalue weighted by molar-refractivity contribution is -0.124. The molecule has 0 bridgehead atoms. The average Bonchev–Trinajstić information content (AvgIpc) is 2.59. The van der Waals surface area contributed by atoms with Crippen molar-refractivity contribution in [3.63, 3.8) is 0 Å². The summed E-state index contributed by atoms with van der Waals surface area (Å²) in [5.41, 5.74) is 0.755. The van der Waals surface area contributed by atoms with Crippen LogP contribution in [0, 0.1) is 17.3 Å². The van der Waals surface area contributed by atoms with Gasteiger partial charge in [0.1, 0.15) is 11.6 Å². The third-order valence-corrected chi connectivity index (χ3v) is 4.58. The van der Waals surface area contributed by atoms with Gasteiger partial charge in [-0.15, -0.1) is 0 Å². The minimum atomic E-state index is -0.0260. The number of hydrogen-bond acceptors (Lipinski definition) is 4. The van der Waals surface area contributed by atoms with Crippen molar-refractivity contribution in [2.75, 3.05) is 25.0 Å². The van der Waals surface area contributed by atoms with E-state index in [0.717, 1.165) is 25.2 Å². The lowest BCUT2D eigenvalue weighted by Gasteiger charge is -2.32. The molecular formula is C21H33N3O2. The number of carbonyl (C=O) groups is 2. The first kappa shape index (κ1) is 20.4. The quantitative estimate of drug-likeness (QED) is 0.834. The number of rotatable bonds is 6. The molecule has 144 valence electrons. The molecule has 0 saturated carbocycles. The van der Waals surface area contributed by atoms with Gasteiger partial charge in [0.2, 0.25) is 0 Å². The van der Waals surface area contributed by atoms with Gasteiger partial charge in [-0.2, -0.15) is 0 Å². The predicted octanol–water partition coefficient (Wildman–Crippen LogP) is 4.01. The minimum absolute atomic E-state index is 0.0178. The van der Waals surface area contributed by atoms with E-state index >= 15 is 0 Å². The van der Waals surface area contributed by atoms with E-state index in [2.05, 4.69) is 44.9 Å². The van der Waals surface area contributed by atoms with Gasteiger partial charge in [-0.25, -0.2) is 4.98 Å². The van der Waals surface area contributed by atoms with Crippen molar-refractivity contribution in [3.8, 4) is 0 Å². The molecule has 1 atom stereocenters. The summed E-state index contributed by atoms with van der Waals surface area (Å²) in [7, 11) is 0. The summed E-state index contributed by atoms with van der Waals surface area (Å²) in [5, 5.41) is 3.29. The monoisotopic (exact) mass is 359 g/mol. The van der Waals surface area contributed by atoms with Crippen molar-refractivity contribution in [2.45, 2.75) is 53.9 Å². The smallest absolute Gasteiger partial charge is 0.255 e. The number of carbonyl (C=O) groups excluding carboxylic acids is 2.